The van der Waals surface area contributed by atoms with Gasteiger partial charge in [-0.05, 0) is 18.2 Å². The molecule has 4 nitrogen and oxygen atoms in total. The molecule has 0 bridgehead atoms. The Labute approximate surface area is 102 Å². The second-order valence-corrected chi connectivity index (χ2v) is 4.05. The first kappa shape index (κ1) is 11.1. The molecule has 82 valence electrons. The van der Waals surface area contributed by atoms with E-state index in [0.717, 1.165) is 0 Å². The van der Waals surface area contributed by atoms with Gasteiger partial charge < -0.3 is 4.74 Å². The molecule has 1 aromatic carbocycles. The summed E-state index contributed by atoms with van der Waals surface area (Å²) in [5.74, 6) is 0. The van der Waals surface area contributed by atoms with Crippen molar-refractivity contribution in [1.29, 1.82) is 5.26 Å². The van der Waals surface area contributed by atoms with Crippen LogP contribution in [0.3, 0.4) is 0 Å². The van der Waals surface area contributed by atoms with Crippen molar-refractivity contribution in [3.05, 3.63) is 28.2 Å². The fourth-order valence-electron chi connectivity index (χ4n) is 1.42. The average Bonchev–Trinajstić information content (AvgIpc) is 2.63. The predicted octanol–water partition coefficient (Wildman–Crippen LogP) is 2.84. The number of hydrogen-bond acceptors (Lipinski definition) is 3. The van der Waals surface area contributed by atoms with E-state index in [1.54, 1.807) is 18.2 Å². The maximum atomic E-state index is 11.5. The van der Waals surface area contributed by atoms with Crippen molar-refractivity contribution in [1.82, 2.24) is 0 Å². The van der Waals surface area contributed by atoms with Crippen molar-refractivity contribution in [3.63, 3.8) is 0 Å². The van der Waals surface area contributed by atoms with Gasteiger partial charge in [-0.2, -0.15) is 5.26 Å². The standard InChI is InChI=1S/C10H6Cl2N2O2/c11-6-1-2-8(12)9(3-6)14-5-7(4-13)16-10(14)15/h1-3,7H,5H2. The van der Waals surface area contributed by atoms with Crippen molar-refractivity contribution < 1.29 is 9.53 Å². The van der Waals surface area contributed by atoms with Crippen molar-refractivity contribution in [2.75, 3.05) is 11.4 Å². The average molecular weight is 257 g/mol. The molecule has 0 radical (unpaired) electrons. The Kier molecular flexibility index (Phi) is 2.90. The topological polar surface area (TPSA) is 53.3 Å². The number of benzene rings is 1. The minimum atomic E-state index is -0.762. The fourth-order valence-corrected chi connectivity index (χ4v) is 1.81. The van der Waals surface area contributed by atoms with E-state index >= 15 is 0 Å². The maximum absolute atomic E-state index is 11.5. The summed E-state index contributed by atoms with van der Waals surface area (Å²) in [4.78, 5) is 12.8. The van der Waals surface area contributed by atoms with E-state index in [9.17, 15) is 4.79 Å². The smallest absolute Gasteiger partial charge is 0.415 e. The highest BCUT2D eigenvalue weighted by molar-refractivity contribution is 6.35. The van der Waals surface area contributed by atoms with Gasteiger partial charge in [0.2, 0.25) is 6.10 Å². The van der Waals surface area contributed by atoms with E-state index in [0.29, 0.717) is 15.7 Å². The molecule has 0 aliphatic carbocycles. The van der Waals surface area contributed by atoms with Crippen LogP contribution >= 0.6 is 23.2 Å². The molecule has 1 aromatic rings. The van der Waals surface area contributed by atoms with Crippen LogP contribution in [0.25, 0.3) is 0 Å². The van der Waals surface area contributed by atoms with Crippen LogP contribution in [0.2, 0.25) is 10.0 Å². The van der Waals surface area contributed by atoms with Gasteiger partial charge in [0.15, 0.2) is 0 Å². The molecule has 0 spiro atoms. The Morgan fingerprint density at radius 2 is 2.25 bits per heavy atom. The van der Waals surface area contributed by atoms with E-state index in [1.165, 1.54) is 4.90 Å². The summed E-state index contributed by atoms with van der Waals surface area (Å²) in [6.45, 7) is 0.162. The first-order valence-electron chi connectivity index (χ1n) is 4.44. The molecule has 0 N–H and O–H groups in total. The molecule has 0 aromatic heterocycles. The second kappa shape index (κ2) is 4.20. The molecule has 1 atom stereocenters. The number of rotatable bonds is 1. The molecule has 1 heterocycles. The van der Waals surface area contributed by atoms with Gasteiger partial charge in [0.05, 0.1) is 17.3 Å². The number of hydrogen-bond donors (Lipinski definition) is 0. The summed E-state index contributed by atoms with van der Waals surface area (Å²) in [6.07, 6.45) is -1.35. The SMILES string of the molecule is N#CC1CN(c2cc(Cl)ccc2Cl)C(=O)O1. The predicted molar refractivity (Wildman–Crippen MR) is 59.7 cm³/mol. The molecule has 0 saturated carbocycles. The fraction of sp³-hybridized carbons (Fsp3) is 0.200. The Morgan fingerprint density at radius 1 is 1.50 bits per heavy atom. The van der Waals surface area contributed by atoms with Crippen molar-refractivity contribution >= 4 is 35.0 Å². The lowest BCUT2D eigenvalue weighted by atomic mass is 10.3. The third-order valence-corrected chi connectivity index (χ3v) is 2.71. The van der Waals surface area contributed by atoms with E-state index < -0.39 is 12.2 Å². The molecule has 6 heteroatoms. The zero-order valence-corrected chi connectivity index (χ0v) is 9.50. The van der Waals surface area contributed by atoms with E-state index in [-0.39, 0.29) is 6.54 Å². The molecule has 1 amide bonds. The minimum absolute atomic E-state index is 0.162. The zero-order valence-electron chi connectivity index (χ0n) is 7.98. The van der Waals surface area contributed by atoms with Crippen molar-refractivity contribution in [2.45, 2.75) is 6.10 Å². The van der Waals surface area contributed by atoms with Crippen LogP contribution in [-0.2, 0) is 4.74 Å². The third kappa shape index (κ3) is 1.92. The van der Waals surface area contributed by atoms with Crippen LogP contribution in [-0.4, -0.2) is 18.7 Å². The van der Waals surface area contributed by atoms with Gasteiger partial charge in [0.1, 0.15) is 6.07 Å². The summed E-state index contributed by atoms with van der Waals surface area (Å²) in [5.41, 5.74) is 0.455. The first-order chi connectivity index (χ1) is 7.61. The number of halogens is 2. The van der Waals surface area contributed by atoms with Gasteiger partial charge in [0, 0.05) is 5.02 Å². The lowest BCUT2D eigenvalue weighted by molar-refractivity contribution is 0.162. The number of carbonyl (C=O) groups excluding carboxylic acids is 1. The summed E-state index contributed by atoms with van der Waals surface area (Å²) in [6, 6.07) is 6.64. The molecule has 1 saturated heterocycles. The zero-order chi connectivity index (χ0) is 11.7. The van der Waals surface area contributed by atoms with Crippen LogP contribution in [0.5, 0.6) is 0 Å². The molecule has 16 heavy (non-hydrogen) atoms. The highest BCUT2D eigenvalue weighted by Gasteiger charge is 2.33. The quantitative estimate of drug-likeness (QED) is 0.777. The van der Waals surface area contributed by atoms with Crippen LogP contribution in [0.4, 0.5) is 10.5 Å². The van der Waals surface area contributed by atoms with Crippen LogP contribution < -0.4 is 4.90 Å². The normalized spacial score (nSPS) is 19.4. The number of nitrogens with zero attached hydrogens (tertiary/aromatic N) is 2. The Balaban J connectivity index is 2.35. The molecule has 1 unspecified atom stereocenters. The minimum Gasteiger partial charge on any atom is -0.428 e. The van der Waals surface area contributed by atoms with E-state index in [1.807, 2.05) is 6.07 Å². The Hall–Kier alpha value is -1.44. The summed E-state index contributed by atoms with van der Waals surface area (Å²) < 4.78 is 4.80. The third-order valence-electron chi connectivity index (χ3n) is 2.15. The largest absolute Gasteiger partial charge is 0.428 e. The van der Waals surface area contributed by atoms with Gasteiger partial charge in [-0.15, -0.1) is 0 Å². The van der Waals surface area contributed by atoms with Gasteiger partial charge in [-0.25, -0.2) is 4.79 Å². The van der Waals surface area contributed by atoms with Gasteiger partial charge in [-0.3, -0.25) is 4.90 Å². The van der Waals surface area contributed by atoms with Crippen LogP contribution in [0, 0.1) is 11.3 Å². The maximum Gasteiger partial charge on any atom is 0.415 e. The first-order valence-corrected chi connectivity index (χ1v) is 5.20. The lowest BCUT2D eigenvalue weighted by Crippen LogP contribution is -2.24. The Morgan fingerprint density at radius 3 is 2.88 bits per heavy atom. The monoisotopic (exact) mass is 256 g/mol. The number of amides is 1. The molecular formula is C10H6Cl2N2O2. The van der Waals surface area contributed by atoms with Gasteiger partial charge in [0.25, 0.3) is 0 Å². The van der Waals surface area contributed by atoms with Gasteiger partial charge >= 0.3 is 6.09 Å². The number of nitriles is 1. The number of cyclic esters (lactones) is 1. The second-order valence-electron chi connectivity index (χ2n) is 3.21. The van der Waals surface area contributed by atoms with Crippen LogP contribution in [0.15, 0.2) is 18.2 Å². The summed E-state index contributed by atoms with van der Waals surface area (Å²) in [7, 11) is 0. The number of anilines is 1. The van der Waals surface area contributed by atoms with Crippen LogP contribution in [0.1, 0.15) is 0 Å². The van der Waals surface area contributed by atoms with E-state index in [2.05, 4.69) is 0 Å². The number of ether oxygens (including phenoxy) is 1. The summed E-state index contributed by atoms with van der Waals surface area (Å²) in [5, 5.41) is 9.51. The highest BCUT2D eigenvalue weighted by Crippen LogP contribution is 2.31. The molecule has 1 aliphatic heterocycles. The molecule has 2 rings (SSSR count). The molecular weight excluding hydrogens is 251 g/mol. The number of carbonyl (C=O) groups is 1. The van der Waals surface area contributed by atoms with E-state index in [4.69, 9.17) is 33.2 Å². The molecule has 1 aliphatic rings. The van der Waals surface area contributed by atoms with Gasteiger partial charge in [-0.1, -0.05) is 23.2 Å². The van der Waals surface area contributed by atoms with Crippen molar-refractivity contribution in [3.8, 4) is 6.07 Å². The lowest BCUT2D eigenvalue weighted by Gasteiger charge is -2.14. The summed E-state index contributed by atoms with van der Waals surface area (Å²) >= 11 is 11.8. The van der Waals surface area contributed by atoms with Crippen molar-refractivity contribution in [2.24, 2.45) is 0 Å². The Bertz CT molecular complexity index is 484. The molecule has 1 fully saturated rings. The highest BCUT2D eigenvalue weighted by atomic mass is 35.5.